The molecule has 0 aliphatic carbocycles. The lowest BCUT2D eigenvalue weighted by Gasteiger charge is -2.30. The number of rotatable bonds is 11. The van der Waals surface area contributed by atoms with Crippen molar-refractivity contribution in [3.8, 4) is 33.6 Å². The Bertz CT molecular complexity index is 1790. The zero-order valence-electron chi connectivity index (χ0n) is 31.8. The van der Waals surface area contributed by atoms with E-state index in [2.05, 4.69) is 74.1 Å². The SMILES string of the molecule is COC(=O)N[C@H](C(=O)N1CCCC1c1ccc(-c2ccc(-c3ccc(-c4cnc(C5CCCN5C(=O)[C@@H](NC(=O)OC)C(C)C)[nH]4)cc3)cc2)[nH]1)C(C)C. The largest absolute Gasteiger partial charge is 0.453 e. The van der Waals surface area contributed by atoms with Gasteiger partial charge >= 0.3 is 12.2 Å². The number of hydrogen-bond donors (Lipinski definition) is 4. The van der Waals surface area contributed by atoms with Crippen molar-refractivity contribution < 1.29 is 28.7 Å². The van der Waals surface area contributed by atoms with Gasteiger partial charge in [0.2, 0.25) is 11.8 Å². The summed E-state index contributed by atoms with van der Waals surface area (Å²) in [5.74, 6) is 0.304. The number of carbonyl (C=O) groups is 4. The van der Waals surface area contributed by atoms with Crippen LogP contribution in [0.2, 0.25) is 0 Å². The lowest BCUT2D eigenvalue weighted by molar-refractivity contribution is -0.136. The van der Waals surface area contributed by atoms with Crippen molar-refractivity contribution in [1.29, 1.82) is 0 Å². The van der Waals surface area contributed by atoms with E-state index in [0.29, 0.717) is 13.1 Å². The van der Waals surface area contributed by atoms with Gasteiger partial charge in [-0.3, -0.25) is 9.59 Å². The standard InChI is InChI=1S/C41H51N7O6/c1-24(2)35(45-40(51)53-5)38(49)47-21-7-9-33(47)31-20-19-30(43-31)28-15-11-26(12-16-28)27-13-17-29(18-14-27)32-23-42-37(44-32)34-10-8-22-48(34)39(50)36(25(3)4)46-41(52)54-6/h11-20,23-25,33-36,43H,7-10,21-22H2,1-6H3,(H,42,44)(H,45,51)(H,46,52)/t33?,34?,35-,36-/m0/s1. The number of imidazole rings is 1. The first-order valence-electron chi connectivity index (χ1n) is 18.7. The maximum Gasteiger partial charge on any atom is 0.407 e. The summed E-state index contributed by atoms with van der Waals surface area (Å²) in [6.45, 7) is 8.86. The summed E-state index contributed by atoms with van der Waals surface area (Å²) in [4.78, 5) is 66.3. The van der Waals surface area contributed by atoms with E-state index in [1.807, 2.05) is 49.6 Å². The molecule has 4 heterocycles. The highest BCUT2D eigenvalue weighted by atomic mass is 16.5. The van der Waals surface area contributed by atoms with Crippen molar-refractivity contribution in [2.24, 2.45) is 11.8 Å². The number of hydrogen-bond acceptors (Lipinski definition) is 7. The second-order valence-electron chi connectivity index (χ2n) is 14.8. The lowest BCUT2D eigenvalue weighted by Crippen LogP contribution is -2.51. The molecule has 2 aliphatic rings. The van der Waals surface area contributed by atoms with Crippen LogP contribution in [0.3, 0.4) is 0 Å². The summed E-state index contributed by atoms with van der Waals surface area (Å²) in [5, 5.41) is 5.41. The summed E-state index contributed by atoms with van der Waals surface area (Å²) in [6, 6.07) is 19.1. The number of methoxy groups -OCH3 is 2. The van der Waals surface area contributed by atoms with Crippen LogP contribution in [0.4, 0.5) is 9.59 Å². The van der Waals surface area contributed by atoms with E-state index in [0.717, 1.165) is 70.8 Å². The molecule has 13 nitrogen and oxygen atoms in total. The van der Waals surface area contributed by atoms with Crippen molar-refractivity contribution in [3.63, 3.8) is 0 Å². The Morgan fingerprint density at radius 2 is 1.11 bits per heavy atom. The van der Waals surface area contributed by atoms with Gasteiger partial charge in [-0.2, -0.15) is 0 Å². The first-order valence-corrected chi connectivity index (χ1v) is 18.7. The van der Waals surface area contributed by atoms with E-state index in [9.17, 15) is 19.2 Å². The van der Waals surface area contributed by atoms with Crippen LogP contribution in [0.15, 0.2) is 66.9 Å². The average Bonchev–Trinajstić information content (AvgIpc) is 4.02. The molecule has 4 aromatic rings. The zero-order chi connectivity index (χ0) is 38.5. The summed E-state index contributed by atoms with van der Waals surface area (Å²) in [7, 11) is 2.59. The van der Waals surface area contributed by atoms with Crippen LogP contribution >= 0.6 is 0 Å². The molecule has 6 rings (SSSR count). The van der Waals surface area contributed by atoms with Gasteiger partial charge in [0.05, 0.1) is 38.2 Å². The van der Waals surface area contributed by atoms with Gasteiger partial charge in [0.15, 0.2) is 0 Å². The number of benzene rings is 2. The third-order valence-electron chi connectivity index (χ3n) is 10.6. The number of likely N-dealkylation sites (tertiary alicyclic amines) is 2. The van der Waals surface area contributed by atoms with Gasteiger partial charge in [-0.25, -0.2) is 14.6 Å². The Hall–Kier alpha value is -5.59. The molecule has 2 unspecified atom stereocenters. The molecule has 0 bridgehead atoms. The Morgan fingerprint density at radius 3 is 1.61 bits per heavy atom. The topological polar surface area (TPSA) is 162 Å². The molecule has 0 radical (unpaired) electrons. The molecule has 2 fully saturated rings. The van der Waals surface area contributed by atoms with Crippen LogP contribution < -0.4 is 10.6 Å². The predicted octanol–water partition coefficient (Wildman–Crippen LogP) is 6.83. The summed E-state index contributed by atoms with van der Waals surface area (Å²) in [6.07, 6.45) is 3.94. The van der Waals surface area contributed by atoms with Gasteiger partial charge in [0.25, 0.3) is 0 Å². The van der Waals surface area contributed by atoms with Crippen molar-refractivity contribution in [3.05, 3.63) is 78.4 Å². The fourth-order valence-electron chi connectivity index (χ4n) is 7.54. The molecule has 2 aromatic heterocycles. The van der Waals surface area contributed by atoms with E-state index in [4.69, 9.17) is 9.47 Å². The minimum atomic E-state index is -0.684. The molecule has 2 aromatic carbocycles. The molecule has 13 heteroatoms. The van der Waals surface area contributed by atoms with Crippen molar-refractivity contribution in [2.75, 3.05) is 27.3 Å². The normalized spacial score (nSPS) is 18.1. The van der Waals surface area contributed by atoms with Crippen LogP contribution in [-0.4, -0.2) is 88.1 Å². The van der Waals surface area contributed by atoms with Gasteiger partial charge in [0, 0.05) is 24.5 Å². The van der Waals surface area contributed by atoms with Gasteiger partial charge in [-0.15, -0.1) is 0 Å². The minimum absolute atomic E-state index is 0.0837. The van der Waals surface area contributed by atoms with Gasteiger partial charge < -0.3 is 39.9 Å². The second-order valence-corrected chi connectivity index (χ2v) is 14.8. The number of ether oxygens (including phenoxy) is 2. The number of nitrogens with zero attached hydrogens (tertiary/aromatic N) is 3. The van der Waals surface area contributed by atoms with Crippen LogP contribution in [0.1, 0.15) is 77.0 Å². The Balaban J connectivity index is 1.11. The molecule has 2 saturated heterocycles. The fourth-order valence-corrected chi connectivity index (χ4v) is 7.54. The van der Waals surface area contributed by atoms with Crippen LogP contribution in [0, 0.1) is 11.8 Å². The van der Waals surface area contributed by atoms with E-state index in [1.54, 1.807) is 6.20 Å². The predicted molar refractivity (Wildman–Crippen MR) is 205 cm³/mol. The Kier molecular flexibility index (Phi) is 11.7. The number of alkyl carbamates (subject to hydrolysis) is 2. The summed E-state index contributed by atoms with van der Waals surface area (Å²) >= 11 is 0. The molecule has 54 heavy (non-hydrogen) atoms. The molecule has 286 valence electrons. The zero-order valence-corrected chi connectivity index (χ0v) is 31.8. The lowest BCUT2D eigenvalue weighted by atomic mass is 10.0. The maximum atomic E-state index is 13.5. The molecular formula is C41H51N7O6. The molecule has 4 N–H and O–H groups in total. The molecule has 0 spiro atoms. The average molecular weight is 738 g/mol. The quantitative estimate of drug-likeness (QED) is 0.131. The smallest absolute Gasteiger partial charge is 0.407 e. The van der Waals surface area contributed by atoms with E-state index < -0.39 is 24.3 Å². The fraction of sp³-hybridized carbons (Fsp3) is 0.439. The van der Waals surface area contributed by atoms with E-state index >= 15 is 0 Å². The van der Waals surface area contributed by atoms with Crippen molar-refractivity contribution in [1.82, 2.24) is 35.4 Å². The van der Waals surface area contributed by atoms with Gasteiger partial charge in [0.1, 0.15) is 17.9 Å². The third-order valence-corrected chi connectivity index (χ3v) is 10.6. The summed E-state index contributed by atoms with van der Waals surface area (Å²) < 4.78 is 9.51. The van der Waals surface area contributed by atoms with Crippen molar-refractivity contribution >= 4 is 24.0 Å². The summed E-state index contributed by atoms with van der Waals surface area (Å²) in [5.41, 5.74) is 6.98. The van der Waals surface area contributed by atoms with Crippen molar-refractivity contribution in [2.45, 2.75) is 77.5 Å². The van der Waals surface area contributed by atoms with Gasteiger partial charge in [-0.1, -0.05) is 76.2 Å². The number of aromatic nitrogens is 3. The number of carbonyl (C=O) groups excluding carboxylic acids is 4. The first kappa shape index (κ1) is 38.1. The first-order chi connectivity index (χ1) is 26.0. The van der Waals surface area contributed by atoms with E-state index in [1.165, 1.54) is 14.2 Å². The molecule has 0 saturated carbocycles. The minimum Gasteiger partial charge on any atom is -0.453 e. The monoisotopic (exact) mass is 737 g/mol. The Morgan fingerprint density at radius 1 is 0.648 bits per heavy atom. The van der Waals surface area contributed by atoms with Crippen LogP contribution in [0.5, 0.6) is 0 Å². The highest BCUT2D eigenvalue weighted by Gasteiger charge is 2.38. The number of aromatic amines is 2. The number of amides is 4. The van der Waals surface area contributed by atoms with Crippen LogP contribution in [-0.2, 0) is 19.1 Å². The molecule has 2 aliphatic heterocycles. The number of nitrogens with one attached hydrogen (secondary N) is 4. The molecule has 4 amide bonds. The van der Waals surface area contributed by atoms with Crippen LogP contribution in [0.25, 0.3) is 33.6 Å². The maximum absolute atomic E-state index is 13.5. The van der Waals surface area contributed by atoms with Gasteiger partial charge in [-0.05, 0) is 71.9 Å². The highest BCUT2D eigenvalue weighted by molar-refractivity contribution is 5.87. The third kappa shape index (κ3) is 8.14. The highest BCUT2D eigenvalue weighted by Crippen LogP contribution is 2.36. The number of H-pyrrole nitrogens is 2. The molecule has 4 atom stereocenters. The van der Waals surface area contributed by atoms with E-state index in [-0.39, 0.29) is 35.7 Å². The molecular weight excluding hydrogens is 686 g/mol. The Labute approximate surface area is 316 Å². The second kappa shape index (κ2) is 16.6.